The molecule has 0 bridgehead atoms. The van der Waals surface area contributed by atoms with Crippen LogP contribution in [0.3, 0.4) is 0 Å². The van der Waals surface area contributed by atoms with Crippen molar-refractivity contribution in [1.29, 1.82) is 0 Å². The Morgan fingerprint density at radius 2 is 1.61 bits per heavy atom. The zero-order chi connectivity index (χ0) is 20.3. The first-order chi connectivity index (χ1) is 13.3. The van der Waals surface area contributed by atoms with Crippen molar-refractivity contribution in [1.82, 2.24) is 19.8 Å². The fourth-order valence-corrected chi connectivity index (χ4v) is 3.23. The lowest BCUT2D eigenvalue weighted by Crippen LogP contribution is -2.50. The zero-order valence-electron chi connectivity index (χ0n) is 16.9. The Morgan fingerprint density at radius 3 is 2.18 bits per heavy atom. The predicted molar refractivity (Wildman–Crippen MR) is 109 cm³/mol. The first kappa shape index (κ1) is 19.8. The summed E-state index contributed by atoms with van der Waals surface area (Å²) >= 11 is 0. The van der Waals surface area contributed by atoms with E-state index in [4.69, 9.17) is 0 Å². The Kier molecular flexibility index (Phi) is 5.92. The molecule has 28 heavy (non-hydrogen) atoms. The highest BCUT2D eigenvalue weighted by Crippen LogP contribution is 2.20. The van der Waals surface area contributed by atoms with Crippen molar-refractivity contribution in [2.24, 2.45) is 0 Å². The van der Waals surface area contributed by atoms with Crippen LogP contribution in [0, 0.1) is 6.92 Å². The quantitative estimate of drug-likeness (QED) is 0.881. The molecule has 0 spiro atoms. The van der Waals surface area contributed by atoms with Gasteiger partial charge in [0.2, 0.25) is 5.91 Å². The van der Waals surface area contributed by atoms with E-state index in [1.807, 2.05) is 12.1 Å². The van der Waals surface area contributed by atoms with E-state index in [1.54, 1.807) is 29.7 Å². The molecule has 0 radical (unpaired) electrons. The predicted octanol–water partition coefficient (Wildman–Crippen LogP) is 2.96. The summed E-state index contributed by atoms with van der Waals surface area (Å²) < 4.78 is 0. The average Bonchev–Trinajstić information content (AvgIpc) is 2.67. The van der Waals surface area contributed by atoms with E-state index in [1.165, 1.54) is 5.56 Å². The molecule has 1 aliphatic rings. The van der Waals surface area contributed by atoms with E-state index < -0.39 is 0 Å². The Morgan fingerprint density at radius 1 is 1.00 bits per heavy atom. The minimum Gasteiger partial charge on any atom is -0.340 e. The number of carbonyl (C=O) groups is 2. The highest BCUT2D eigenvalue weighted by Gasteiger charge is 2.24. The fraction of sp³-hybridized carbons (Fsp3) is 0.429. The molecule has 1 N–H and O–H groups in total. The lowest BCUT2D eigenvalue weighted by Gasteiger charge is -2.34. The molecule has 0 saturated carbocycles. The van der Waals surface area contributed by atoms with Crippen LogP contribution in [0.4, 0.5) is 11.5 Å². The molecular weight excluding hydrogens is 354 g/mol. The molecule has 2 heterocycles. The molecule has 0 unspecified atom stereocenters. The Labute approximate surface area is 165 Å². The lowest BCUT2D eigenvalue weighted by molar-refractivity contribution is -0.130. The number of amides is 2. The summed E-state index contributed by atoms with van der Waals surface area (Å²) in [6.07, 6.45) is 0. The van der Waals surface area contributed by atoms with Gasteiger partial charge in [-0.2, -0.15) is 0 Å². The molecule has 1 fully saturated rings. The third-order valence-corrected chi connectivity index (χ3v) is 4.92. The van der Waals surface area contributed by atoms with Gasteiger partial charge in [0.05, 0.1) is 0 Å². The standard InChI is InChI=1S/C21H27N5O2/c1-14(2)17-5-7-18(8-6-17)24-20-13-19(22-15(3)23-20)21(28)26-11-9-25(10-12-26)16(4)27/h5-8,13-14H,9-12H2,1-4H3,(H,22,23,24). The van der Waals surface area contributed by atoms with Gasteiger partial charge < -0.3 is 15.1 Å². The monoisotopic (exact) mass is 381 g/mol. The maximum absolute atomic E-state index is 12.9. The lowest BCUT2D eigenvalue weighted by atomic mass is 10.0. The largest absolute Gasteiger partial charge is 0.340 e. The van der Waals surface area contributed by atoms with Crippen LogP contribution < -0.4 is 5.32 Å². The fourth-order valence-electron chi connectivity index (χ4n) is 3.23. The zero-order valence-corrected chi connectivity index (χ0v) is 16.9. The van der Waals surface area contributed by atoms with Gasteiger partial charge in [-0.05, 0) is 30.5 Å². The first-order valence-electron chi connectivity index (χ1n) is 9.61. The van der Waals surface area contributed by atoms with Crippen LogP contribution in [0.1, 0.15) is 48.6 Å². The minimum absolute atomic E-state index is 0.0416. The molecular formula is C21H27N5O2. The number of hydrogen-bond acceptors (Lipinski definition) is 5. The van der Waals surface area contributed by atoms with Gasteiger partial charge in [-0.3, -0.25) is 9.59 Å². The SMILES string of the molecule is CC(=O)N1CCN(C(=O)c2cc(Nc3ccc(C(C)C)cc3)nc(C)n2)CC1. The summed E-state index contributed by atoms with van der Waals surface area (Å²) in [5, 5.41) is 3.26. The average molecular weight is 381 g/mol. The number of nitrogens with one attached hydrogen (secondary N) is 1. The third kappa shape index (κ3) is 4.65. The van der Waals surface area contributed by atoms with Crippen LogP contribution in [0.5, 0.6) is 0 Å². The van der Waals surface area contributed by atoms with Crippen LogP contribution >= 0.6 is 0 Å². The van der Waals surface area contributed by atoms with E-state index >= 15 is 0 Å². The molecule has 3 rings (SSSR count). The van der Waals surface area contributed by atoms with Gasteiger partial charge >= 0.3 is 0 Å². The molecule has 0 atom stereocenters. The third-order valence-electron chi connectivity index (χ3n) is 4.92. The number of aryl methyl sites for hydroxylation is 1. The van der Waals surface area contributed by atoms with Crippen LogP contribution in [0.25, 0.3) is 0 Å². The van der Waals surface area contributed by atoms with Crippen molar-refractivity contribution >= 4 is 23.3 Å². The highest BCUT2D eigenvalue weighted by molar-refractivity contribution is 5.93. The molecule has 1 aliphatic heterocycles. The molecule has 7 heteroatoms. The Hall–Kier alpha value is -2.96. The molecule has 1 aromatic carbocycles. The van der Waals surface area contributed by atoms with Gasteiger partial charge in [0, 0.05) is 44.9 Å². The van der Waals surface area contributed by atoms with Gasteiger partial charge in [0.15, 0.2) is 0 Å². The molecule has 0 aliphatic carbocycles. The normalized spacial score (nSPS) is 14.3. The number of hydrogen-bond donors (Lipinski definition) is 1. The van der Waals surface area contributed by atoms with Gasteiger partial charge in [-0.25, -0.2) is 9.97 Å². The van der Waals surface area contributed by atoms with E-state index in [2.05, 4.69) is 41.3 Å². The topological polar surface area (TPSA) is 78.4 Å². The van der Waals surface area contributed by atoms with E-state index in [0.29, 0.717) is 49.4 Å². The van der Waals surface area contributed by atoms with Crippen LogP contribution in [-0.2, 0) is 4.79 Å². The maximum Gasteiger partial charge on any atom is 0.272 e. The number of anilines is 2. The van der Waals surface area contributed by atoms with Gasteiger partial charge in [0.25, 0.3) is 5.91 Å². The first-order valence-corrected chi connectivity index (χ1v) is 9.61. The summed E-state index contributed by atoms with van der Waals surface area (Å²) in [4.78, 5) is 36.5. The second-order valence-corrected chi connectivity index (χ2v) is 7.39. The van der Waals surface area contributed by atoms with Crippen molar-refractivity contribution in [2.75, 3.05) is 31.5 Å². The van der Waals surface area contributed by atoms with Crippen LogP contribution in [-0.4, -0.2) is 57.8 Å². The van der Waals surface area contributed by atoms with Crippen molar-refractivity contribution in [2.45, 2.75) is 33.6 Å². The number of benzene rings is 1. The summed E-state index contributed by atoms with van der Waals surface area (Å²) in [5.41, 5.74) is 2.55. The summed E-state index contributed by atoms with van der Waals surface area (Å²) in [5.74, 6) is 1.51. The van der Waals surface area contributed by atoms with E-state index in [0.717, 1.165) is 5.69 Å². The van der Waals surface area contributed by atoms with E-state index in [9.17, 15) is 9.59 Å². The van der Waals surface area contributed by atoms with Gasteiger partial charge in [-0.1, -0.05) is 26.0 Å². The number of piperazine rings is 1. The Bertz CT molecular complexity index is 856. The van der Waals surface area contributed by atoms with Crippen LogP contribution in [0.2, 0.25) is 0 Å². The summed E-state index contributed by atoms with van der Waals surface area (Å²) in [6, 6.07) is 9.87. The number of carbonyl (C=O) groups excluding carboxylic acids is 2. The summed E-state index contributed by atoms with van der Waals surface area (Å²) in [7, 11) is 0. The Balaban J connectivity index is 1.72. The summed E-state index contributed by atoms with van der Waals surface area (Å²) in [6.45, 7) is 9.78. The molecule has 2 amide bonds. The minimum atomic E-state index is -0.132. The van der Waals surface area contributed by atoms with Crippen molar-refractivity contribution in [3.05, 3.63) is 47.4 Å². The maximum atomic E-state index is 12.9. The highest BCUT2D eigenvalue weighted by atomic mass is 16.2. The number of nitrogens with zero attached hydrogens (tertiary/aromatic N) is 4. The van der Waals surface area contributed by atoms with Crippen molar-refractivity contribution < 1.29 is 9.59 Å². The molecule has 148 valence electrons. The van der Waals surface area contributed by atoms with Crippen LogP contribution in [0.15, 0.2) is 30.3 Å². The van der Waals surface area contributed by atoms with Crippen molar-refractivity contribution in [3.8, 4) is 0 Å². The second-order valence-electron chi connectivity index (χ2n) is 7.39. The van der Waals surface area contributed by atoms with Crippen molar-refractivity contribution in [3.63, 3.8) is 0 Å². The molecule has 1 aromatic heterocycles. The number of rotatable bonds is 4. The number of aromatic nitrogens is 2. The molecule has 7 nitrogen and oxygen atoms in total. The molecule has 2 aromatic rings. The van der Waals surface area contributed by atoms with Gasteiger partial charge in [0.1, 0.15) is 17.3 Å². The second kappa shape index (κ2) is 8.37. The van der Waals surface area contributed by atoms with E-state index in [-0.39, 0.29) is 11.8 Å². The van der Waals surface area contributed by atoms with Gasteiger partial charge in [-0.15, -0.1) is 0 Å². The molecule has 1 saturated heterocycles. The smallest absolute Gasteiger partial charge is 0.272 e.